The molecule has 0 bridgehead atoms. The zero-order chi connectivity index (χ0) is 25.4. The summed E-state index contributed by atoms with van der Waals surface area (Å²) in [6.07, 6.45) is 3.08. The maximum atomic E-state index is 13.2. The van der Waals surface area contributed by atoms with Crippen molar-refractivity contribution in [2.24, 2.45) is 0 Å². The van der Waals surface area contributed by atoms with Crippen LogP contribution in [0.2, 0.25) is 0 Å². The van der Waals surface area contributed by atoms with Gasteiger partial charge in [-0.2, -0.15) is 0 Å². The number of aromatic hydroxyl groups is 2. The predicted octanol–water partition coefficient (Wildman–Crippen LogP) is 4.34. The summed E-state index contributed by atoms with van der Waals surface area (Å²) in [5, 5.41) is 32.1. The van der Waals surface area contributed by atoms with Crippen LogP contribution < -0.4 is 5.32 Å². The van der Waals surface area contributed by atoms with Gasteiger partial charge in [0.25, 0.3) is 5.91 Å². The number of phenols is 2. The van der Waals surface area contributed by atoms with Crippen LogP contribution in [0.15, 0.2) is 60.7 Å². The van der Waals surface area contributed by atoms with Gasteiger partial charge < -0.3 is 25.5 Å². The Kier molecular flexibility index (Phi) is 6.18. The van der Waals surface area contributed by atoms with Crippen molar-refractivity contribution in [3.05, 3.63) is 77.4 Å². The average molecular weight is 487 g/mol. The number of anilines is 1. The molecule has 4 N–H and O–H groups in total. The summed E-state index contributed by atoms with van der Waals surface area (Å²) >= 11 is 0. The Labute approximate surface area is 210 Å². The summed E-state index contributed by atoms with van der Waals surface area (Å²) in [7, 11) is 0. The largest absolute Gasteiger partial charge is 0.504 e. The minimum atomic E-state index is -0.708. The van der Waals surface area contributed by atoms with Crippen molar-refractivity contribution in [2.45, 2.75) is 44.1 Å². The number of nitrogens with one attached hydrogen (secondary N) is 1. The second-order valence-corrected chi connectivity index (χ2v) is 9.82. The van der Waals surface area contributed by atoms with Gasteiger partial charge in [-0.25, -0.2) is 0 Å². The van der Waals surface area contributed by atoms with Gasteiger partial charge in [0.2, 0.25) is 5.91 Å². The average Bonchev–Trinajstić information content (AvgIpc) is 3.56. The molecule has 1 aliphatic carbocycles. The lowest BCUT2D eigenvalue weighted by Crippen LogP contribution is -2.37. The molecule has 7 nitrogen and oxygen atoms in total. The zero-order valence-electron chi connectivity index (χ0n) is 20.2. The van der Waals surface area contributed by atoms with E-state index in [1.165, 1.54) is 12.1 Å². The SMILES string of the molecule is Cc1ccc(NC(=O)C2(c3ccc(O)c(O)c3)CC2)cc1-c1ccc(C(=O)N2CCC[C@H]2CO)cc1. The molecule has 7 heteroatoms. The van der Waals surface area contributed by atoms with E-state index in [1.807, 2.05) is 49.4 Å². The summed E-state index contributed by atoms with van der Waals surface area (Å²) in [5.74, 6) is -0.652. The van der Waals surface area contributed by atoms with Crippen molar-refractivity contribution < 1.29 is 24.9 Å². The monoisotopic (exact) mass is 486 g/mol. The molecule has 3 aromatic rings. The number of carbonyl (C=O) groups is 2. The molecule has 2 aliphatic rings. The van der Waals surface area contributed by atoms with E-state index in [0.29, 0.717) is 36.2 Å². The van der Waals surface area contributed by atoms with E-state index < -0.39 is 5.41 Å². The topological polar surface area (TPSA) is 110 Å². The first-order valence-electron chi connectivity index (χ1n) is 12.3. The minimum absolute atomic E-state index is 0.0171. The first-order chi connectivity index (χ1) is 17.3. The van der Waals surface area contributed by atoms with Gasteiger partial charge in [0.15, 0.2) is 11.5 Å². The highest BCUT2D eigenvalue weighted by Gasteiger charge is 2.51. The number of aliphatic hydroxyl groups is 1. The summed E-state index contributed by atoms with van der Waals surface area (Å²) in [6.45, 7) is 2.65. The molecular weight excluding hydrogens is 456 g/mol. The normalized spacial score (nSPS) is 18.2. The molecule has 186 valence electrons. The highest BCUT2D eigenvalue weighted by atomic mass is 16.3. The van der Waals surface area contributed by atoms with Gasteiger partial charge in [0.05, 0.1) is 18.1 Å². The Morgan fingerprint density at radius 2 is 1.75 bits per heavy atom. The summed E-state index contributed by atoms with van der Waals surface area (Å²) in [4.78, 5) is 27.9. The Morgan fingerprint density at radius 1 is 1.00 bits per heavy atom. The van der Waals surface area contributed by atoms with Crippen LogP contribution in [0.5, 0.6) is 11.5 Å². The maximum Gasteiger partial charge on any atom is 0.254 e. The highest BCUT2D eigenvalue weighted by Crippen LogP contribution is 2.50. The van der Waals surface area contributed by atoms with Crippen molar-refractivity contribution in [2.75, 3.05) is 18.5 Å². The van der Waals surface area contributed by atoms with E-state index in [0.717, 1.165) is 29.5 Å². The predicted molar refractivity (Wildman–Crippen MR) is 137 cm³/mol. The highest BCUT2D eigenvalue weighted by molar-refractivity contribution is 6.02. The fraction of sp³-hybridized carbons (Fsp3) is 0.310. The van der Waals surface area contributed by atoms with Crippen LogP contribution >= 0.6 is 0 Å². The van der Waals surface area contributed by atoms with Crippen molar-refractivity contribution in [3.63, 3.8) is 0 Å². The molecule has 5 rings (SSSR count). The van der Waals surface area contributed by atoms with E-state index in [4.69, 9.17) is 0 Å². The molecule has 1 aliphatic heterocycles. The van der Waals surface area contributed by atoms with Gasteiger partial charge in [-0.1, -0.05) is 24.3 Å². The lowest BCUT2D eigenvalue weighted by Gasteiger charge is -2.23. The number of hydrogen-bond donors (Lipinski definition) is 4. The van der Waals surface area contributed by atoms with Crippen LogP contribution in [0.4, 0.5) is 5.69 Å². The molecule has 1 saturated carbocycles. The van der Waals surface area contributed by atoms with Crippen molar-refractivity contribution in [3.8, 4) is 22.6 Å². The van der Waals surface area contributed by atoms with Gasteiger partial charge >= 0.3 is 0 Å². The fourth-order valence-electron chi connectivity index (χ4n) is 5.11. The number of aliphatic hydroxyl groups excluding tert-OH is 1. The fourth-order valence-corrected chi connectivity index (χ4v) is 5.11. The molecule has 3 aromatic carbocycles. The van der Waals surface area contributed by atoms with E-state index in [9.17, 15) is 24.9 Å². The summed E-state index contributed by atoms with van der Waals surface area (Å²) < 4.78 is 0. The molecule has 0 aromatic heterocycles. The van der Waals surface area contributed by atoms with Crippen molar-refractivity contribution in [1.82, 2.24) is 4.90 Å². The lowest BCUT2D eigenvalue weighted by molar-refractivity contribution is -0.118. The van der Waals surface area contributed by atoms with E-state index in [2.05, 4.69) is 5.32 Å². The van der Waals surface area contributed by atoms with E-state index in [1.54, 1.807) is 11.0 Å². The molecule has 2 fully saturated rings. The second-order valence-electron chi connectivity index (χ2n) is 9.82. The number of likely N-dealkylation sites (tertiary alicyclic amines) is 1. The Hall–Kier alpha value is -3.84. The van der Waals surface area contributed by atoms with Crippen LogP contribution in [0, 0.1) is 6.92 Å². The summed E-state index contributed by atoms with van der Waals surface area (Å²) in [6, 6.07) is 17.6. The smallest absolute Gasteiger partial charge is 0.254 e. The molecule has 1 saturated heterocycles. The number of benzene rings is 3. The Balaban J connectivity index is 1.34. The number of nitrogens with zero attached hydrogens (tertiary/aromatic N) is 1. The summed E-state index contributed by atoms with van der Waals surface area (Å²) in [5.41, 5.74) is 4.16. The lowest BCUT2D eigenvalue weighted by atomic mass is 9.94. The molecule has 1 heterocycles. The van der Waals surface area contributed by atoms with Crippen molar-refractivity contribution >= 4 is 17.5 Å². The Morgan fingerprint density at radius 3 is 2.42 bits per heavy atom. The molecule has 0 spiro atoms. The maximum absolute atomic E-state index is 13.2. The molecular formula is C29H30N2O5. The van der Waals surface area contributed by atoms with Crippen molar-refractivity contribution in [1.29, 1.82) is 0 Å². The second kappa shape index (κ2) is 9.32. The molecule has 2 amide bonds. The number of phenolic OH excluding ortho intramolecular Hbond substituents is 2. The molecule has 0 radical (unpaired) electrons. The minimum Gasteiger partial charge on any atom is -0.504 e. The first-order valence-corrected chi connectivity index (χ1v) is 12.3. The van der Waals surface area contributed by atoms with Gasteiger partial charge in [0, 0.05) is 17.8 Å². The van der Waals surface area contributed by atoms with Crippen LogP contribution in [-0.2, 0) is 10.2 Å². The van der Waals surface area contributed by atoms with Crippen LogP contribution in [0.3, 0.4) is 0 Å². The van der Waals surface area contributed by atoms with Gasteiger partial charge in [0.1, 0.15) is 0 Å². The van der Waals surface area contributed by atoms with Gasteiger partial charge in [-0.3, -0.25) is 9.59 Å². The third-order valence-electron chi connectivity index (χ3n) is 7.50. The van der Waals surface area contributed by atoms with Gasteiger partial charge in [-0.15, -0.1) is 0 Å². The number of amides is 2. The number of hydrogen-bond acceptors (Lipinski definition) is 5. The number of aryl methyl sites for hydroxylation is 1. The Bertz CT molecular complexity index is 1310. The molecule has 36 heavy (non-hydrogen) atoms. The number of rotatable bonds is 6. The standard InChI is InChI=1S/C29H30N2O5/c1-18-4-10-22(30-28(36)29(12-13-29)21-9-11-25(33)26(34)15-21)16-24(18)19-5-7-20(8-6-19)27(35)31-14-2-3-23(31)17-32/h4-11,15-16,23,32-34H,2-3,12-14,17H2,1H3,(H,30,36)/t23-/m0/s1. The van der Waals surface area contributed by atoms with E-state index in [-0.39, 0.29) is 36.0 Å². The third kappa shape index (κ3) is 4.31. The van der Waals surface area contributed by atoms with Crippen LogP contribution in [-0.4, -0.2) is 51.2 Å². The number of carbonyl (C=O) groups excluding carboxylic acids is 2. The molecule has 1 atom stereocenters. The van der Waals surface area contributed by atoms with E-state index >= 15 is 0 Å². The van der Waals surface area contributed by atoms with Crippen LogP contribution in [0.25, 0.3) is 11.1 Å². The first kappa shape index (κ1) is 23.9. The zero-order valence-corrected chi connectivity index (χ0v) is 20.2. The third-order valence-corrected chi connectivity index (χ3v) is 7.50. The molecule has 0 unspecified atom stereocenters. The quantitative estimate of drug-likeness (QED) is 0.388. The van der Waals surface area contributed by atoms with Gasteiger partial charge in [-0.05, 0) is 91.3 Å². The van der Waals surface area contributed by atoms with Crippen LogP contribution in [0.1, 0.15) is 47.2 Å².